The van der Waals surface area contributed by atoms with Gasteiger partial charge < -0.3 is 4.84 Å². The van der Waals surface area contributed by atoms with Crippen molar-refractivity contribution in [3.05, 3.63) is 0 Å². The summed E-state index contributed by atoms with van der Waals surface area (Å²) in [5, 5.41) is 0. The Morgan fingerprint density at radius 2 is 2.30 bits per heavy atom. The molecule has 1 atom stereocenters. The van der Waals surface area contributed by atoms with Crippen molar-refractivity contribution >= 4 is 5.97 Å². The lowest BCUT2D eigenvalue weighted by atomic mass is 10.0. The first-order chi connectivity index (χ1) is 4.70. The van der Waals surface area contributed by atoms with Crippen molar-refractivity contribution in [2.75, 3.05) is 0 Å². The molecule has 0 aliphatic heterocycles. The lowest BCUT2D eigenvalue weighted by molar-refractivity contribution is -0.144. The first kappa shape index (κ1) is 9.43. The largest absolute Gasteiger partial charge is 0.373 e. The van der Waals surface area contributed by atoms with Crippen LogP contribution in [0.15, 0.2) is 0 Å². The Balaban J connectivity index is 3.26. The molecule has 0 bridgehead atoms. The van der Waals surface area contributed by atoms with Gasteiger partial charge in [-0.2, -0.15) is 5.90 Å². The number of nitrogens with two attached hydrogens (primary N) is 1. The van der Waals surface area contributed by atoms with Gasteiger partial charge in [-0.1, -0.05) is 20.3 Å². The van der Waals surface area contributed by atoms with Gasteiger partial charge in [-0.15, -0.1) is 0 Å². The summed E-state index contributed by atoms with van der Waals surface area (Å²) < 4.78 is 0. The summed E-state index contributed by atoms with van der Waals surface area (Å²) in [5.41, 5.74) is 0. The van der Waals surface area contributed by atoms with E-state index in [1.807, 2.05) is 0 Å². The van der Waals surface area contributed by atoms with Crippen LogP contribution in [0, 0.1) is 5.92 Å². The third-order valence-corrected chi connectivity index (χ3v) is 1.67. The van der Waals surface area contributed by atoms with E-state index < -0.39 is 0 Å². The molecule has 3 heteroatoms. The first-order valence-electron chi connectivity index (χ1n) is 3.60. The van der Waals surface area contributed by atoms with Crippen LogP contribution in [0.4, 0.5) is 0 Å². The van der Waals surface area contributed by atoms with Crippen molar-refractivity contribution in [3.8, 4) is 0 Å². The SMILES string of the molecule is CCC(C)CCC(=O)ON. The van der Waals surface area contributed by atoms with Crippen molar-refractivity contribution in [1.29, 1.82) is 0 Å². The highest BCUT2D eigenvalue weighted by atomic mass is 16.7. The van der Waals surface area contributed by atoms with Crippen LogP contribution in [-0.2, 0) is 9.63 Å². The van der Waals surface area contributed by atoms with Gasteiger partial charge in [-0.25, -0.2) is 0 Å². The summed E-state index contributed by atoms with van der Waals surface area (Å²) in [5.74, 6) is 4.91. The second kappa shape index (κ2) is 5.23. The zero-order valence-electron chi connectivity index (χ0n) is 6.59. The van der Waals surface area contributed by atoms with E-state index in [0.29, 0.717) is 12.3 Å². The molecule has 0 spiro atoms. The molecule has 3 nitrogen and oxygen atoms in total. The molecule has 0 radical (unpaired) electrons. The molecule has 60 valence electrons. The quantitative estimate of drug-likeness (QED) is 0.605. The fourth-order valence-electron chi connectivity index (χ4n) is 0.627. The lowest BCUT2D eigenvalue weighted by Gasteiger charge is -2.04. The molecular formula is C7H15NO2. The average Bonchev–Trinajstić information content (AvgIpc) is 1.99. The zero-order valence-corrected chi connectivity index (χ0v) is 6.59. The van der Waals surface area contributed by atoms with Crippen LogP contribution in [-0.4, -0.2) is 5.97 Å². The standard InChI is InChI=1S/C7H15NO2/c1-3-6(2)4-5-7(9)10-8/h6H,3-5,8H2,1-2H3. The van der Waals surface area contributed by atoms with Crippen LogP contribution >= 0.6 is 0 Å². The number of hydrogen-bond donors (Lipinski definition) is 1. The summed E-state index contributed by atoms with van der Waals surface area (Å²) in [6.45, 7) is 4.20. The smallest absolute Gasteiger partial charge is 0.324 e. The summed E-state index contributed by atoms with van der Waals surface area (Å²) in [7, 11) is 0. The molecule has 0 aromatic rings. The normalized spacial score (nSPS) is 12.7. The van der Waals surface area contributed by atoms with Crippen molar-refractivity contribution in [3.63, 3.8) is 0 Å². The maximum absolute atomic E-state index is 10.5. The van der Waals surface area contributed by atoms with Crippen molar-refractivity contribution < 1.29 is 9.63 Å². The van der Waals surface area contributed by atoms with Crippen LogP contribution in [0.3, 0.4) is 0 Å². The topological polar surface area (TPSA) is 52.3 Å². The minimum atomic E-state index is -0.319. The molecule has 0 aromatic heterocycles. The number of carbonyl (C=O) groups excluding carboxylic acids is 1. The third-order valence-electron chi connectivity index (χ3n) is 1.67. The van der Waals surface area contributed by atoms with Crippen LogP contribution in [0.5, 0.6) is 0 Å². The van der Waals surface area contributed by atoms with E-state index in [4.69, 9.17) is 0 Å². The van der Waals surface area contributed by atoms with Gasteiger partial charge in [0.2, 0.25) is 0 Å². The molecule has 0 aromatic carbocycles. The lowest BCUT2D eigenvalue weighted by Crippen LogP contribution is -2.10. The van der Waals surface area contributed by atoms with Crippen LogP contribution in [0.25, 0.3) is 0 Å². The Bertz CT molecular complexity index is 104. The van der Waals surface area contributed by atoms with Crippen molar-refractivity contribution in [2.45, 2.75) is 33.1 Å². The van der Waals surface area contributed by atoms with E-state index >= 15 is 0 Å². The van der Waals surface area contributed by atoms with Gasteiger partial charge in [0.1, 0.15) is 0 Å². The summed E-state index contributed by atoms with van der Waals surface area (Å²) in [6.07, 6.45) is 2.40. The van der Waals surface area contributed by atoms with E-state index in [0.717, 1.165) is 12.8 Å². The van der Waals surface area contributed by atoms with E-state index in [1.54, 1.807) is 0 Å². The molecule has 1 unspecified atom stereocenters. The molecule has 0 aliphatic rings. The minimum absolute atomic E-state index is 0.319. The Labute approximate surface area is 61.5 Å². The predicted molar refractivity (Wildman–Crippen MR) is 39.0 cm³/mol. The highest BCUT2D eigenvalue weighted by Gasteiger charge is 2.04. The van der Waals surface area contributed by atoms with Crippen molar-refractivity contribution in [2.24, 2.45) is 11.8 Å². The molecule has 0 rings (SSSR count). The fraction of sp³-hybridized carbons (Fsp3) is 0.857. The maximum atomic E-state index is 10.5. The van der Waals surface area contributed by atoms with E-state index in [-0.39, 0.29) is 5.97 Å². The van der Waals surface area contributed by atoms with Gasteiger partial charge >= 0.3 is 5.97 Å². The molecule has 0 amide bonds. The fourth-order valence-corrected chi connectivity index (χ4v) is 0.627. The molecule has 0 aliphatic carbocycles. The molecule has 0 heterocycles. The maximum Gasteiger partial charge on any atom is 0.324 e. The van der Waals surface area contributed by atoms with Gasteiger partial charge in [0.15, 0.2) is 0 Å². The second-order valence-corrected chi connectivity index (χ2v) is 2.54. The Kier molecular flexibility index (Phi) is 4.94. The highest BCUT2D eigenvalue weighted by Crippen LogP contribution is 2.08. The summed E-state index contributed by atoms with van der Waals surface area (Å²) in [6, 6.07) is 0. The Morgan fingerprint density at radius 1 is 1.70 bits per heavy atom. The molecule has 10 heavy (non-hydrogen) atoms. The van der Waals surface area contributed by atoms with E-state index in [1.165, 1.54) is 0 Å². The van der Waals surface area contributed by atoms with E-state index in [2.05, 4.69) is 24.6 Å². The van der Waals surface area contributed by atoms with Gasteiger partial charge in [-0.05, 0) is 12.3 Å². The monoisotopic (exact) mass is 145 g/mol. The third kappa shape index (κ3) is 4.32. The van der Waals surface area contributed by atoms with Gasteiger partial charge in [0.25, 0.3) is 0 Å². The minimum Gasteiger partial charge on any atom is -0.373 e. The summed E-state index contributed by atoms with van der Waals surface area (Å²) >= 11 is 0. The highest BCUT2D eigenvalue weighted by molar-refractivity contribution is 5.68. The Morgan fingerprint density at radius 3 is 2.70 bits per heavy atom. The van der Waals surface area contributed by atoms with Crippen molar-refractivity contribution in [1.82, 2.24) is 0 Å². The first-order valence-corrected chi connectivity index (χ1v) is 3.60. The van der Waals surface area contributed by atoms with Crippen LogP contribution in [0.1, 0.15) is 33.1 Å². The average molecular weight is 145 g/mol. The van der Waals surface area contributed by atoms with E-state index in [9.17, 15) is 4.79 Å². The molecule has 0 fully saturated rings. The molecule has 2 N–H and O–H groups in total. The van der Waals surface area contributed by atoms with Gasteiger partial charge in [-0.3, -0.25) is 4.79 Å². The number of carbonyl (C=O) groups is 1. The Hall–Kier alpha value is -0.570. The predicted octanol–water partition coefficient (Wildman–Crippen LogP) is 1.23. The van der Waals surface area contributed by atoms with Gasteiger partial charge in [0.05, 0.1) is 0 Å². The second-order valence-electron chi connectivity index (χ2n) is 2.54. The summed E-state index contributed by atoms with van der Waals surface area (Å²) in [4.78, 5) is 14.5. The molecular weight excluding hydrogens is 130 g/mol. The number of rotatable bonds is 4. The van der Waals surface area contributed by atoms with Gasteiger partial charge in [0, 0.05) is 6.42 Å². The zero-order chi connectivity index (χ0) is 7.98. The van der Waals surface area contributed by atoms with Crippen LogP contribution < -0.4 is 5.90 Å². The van der Waals surface area contributed by atoms with Crippen LogP contribution in [0.2, 0.25) is 0 Å². The molecule has 0 saturated carbocycles. The number of hydrogen-bond acceptors (Lipinski definition) is 3. The molecule has 0 saturated heterocycles.